The molecule has 1 fully saturated rings. The van der Waals surface area contributed by atoms with Gasteiger partial charge in [0.05, 0.1) is 9.21 Å². The minimum absolute atomic E-state index is 0.397. The second-order valence-corrected chi connectivity index (χ2v) is 5.15. The van der Waals surface area contributed by atoms with E-state index in [0.29, 0.717) is 22.3 Å². The van der Waals surface area contributed by atoms with Crippen molar-refractivity contribution in [3.63, 3.8) is 0 Å². The van der Waals surface area contributed by atoms with Gasteiger partial charge >= 0.3 is 0 Å². The quantitative estimate of drug-likeness (QED) is 0.590. The van der Waals surface area contributed by atoms with E-state index in [1.807, 2.05) is 0 Å². The van der Waals surface area contributed by atoms with Crippen LogP contribution in [0.15, 0.2) is 12.1 Å². The second kappa shape index (κ2) is 4.33. The van der Waals surface area contributed by atoms with Crippen LogP contribution in [0.3, 0.4) is 0 Å². The number of rotatable bonds is 2. The van der Waals surface area contributed by atoms with E-state index in [0.717, 1.165) is 24.2 Å². The Balaban J connectivity index is 2.10. The predicted octanol–water partition coefficient (Wildman–Crippen LogP) is 2.21. The van der Waals surface area contributed by atoms with E-state index < -0.39 is 11.7 Å². The van der Waals surface area contributed by atoms with Crippen LogP contribution in [0.5, 0.6) is 0 Å². The fourth-order valence-corrected chi connectivity index (χ4v) is 2.58. The molecule has 5 heteroatoms. The molecular formula is C10H10ClNO2S. The van der Waals surface area contributed by atoms with Crippen LogP contribution in [0.1, 0.15) is 22.5 Å². The first kappa shape index (κ1) is 10.6. The standard InChI is InChI=1S/C10H10ClNO2S/c11-8-4-3-7(15-8)9(13)10(14)12-5-1-2-6-12/h3-4H,1-2,5-6H2. The number of thiophene rings is 1. The molecule has 1 aromatic heterocycles. The normalized spacial score (nSPS) is 15.7. The van der Waals surface area contributed by atoms with Crippen molar-refractivity contribution in [3.8, 4) is 0 Å². The van der Waals surface area contributed by atoms with Crippen LogP contribution in [-0.4, -0.2) is 29.7 Å². The smallest absolute Gasteiger partial charge is 0.295 e. The van der Waals surface area contributed by atoms with Crippen LogP contribution >= 0.6 is 22.9 Å². The monoisotopic (exact) mass is 243 g/mol. The molecule has 15 heavy (non-hydrogen) atoms. The maximum Gasteiger partial charge on any atom is 0.295 e. The van der Waals surface area contributed by atoms with Gasteiger partial charge in [0.25, 0.3) is 11.7 Å². The minimum atomic E-state index is -0.436. The lowest BCUT2D eigenvalue weighted by molar-refractivity contribution is -0.125. The van der Waals surface area contributed by atoms with Gasteiger partial charge in [-0.1, -0.05) is 11.6 Å². The van der Waals surface area contributed by atoms with Crippen molar-refractivity contribution in [3.05, 3.63) is 21.3 Å². The van der Waals surface area contributed by atoms with E-state index in [1.165, 1.54) is 0 Å². The van der Waals surface area contributed by atoms with Gasteiger partial charge in [-0.2, -0.15) is 0 Å². The van der Waals surface area contributed by atoms with Crippen molar-refractivity contribution in [2.75, 3.05) is 13.1 Å². The number of likely N-dealkylation sites (tertiary alicyclic amines) is 1. The van der Waals surface area contributed by atoms with Crippen LogP contribution in [0.4, 0.5) is 0 Å². The topological polar surface area (TPSA) is 37.4 Å². The molecular weight excluding hydrogens is 234 g/mol. The average Bonchev–Trinajstić information content (AvgIpc) is 2.85. The Hall–Kier alpha value is -0.870. The fraction of sp³-hybridized carbons (Fsp3) is 0.400. The van der Waals surface area contributed by atoms with Gasteiger partial charge in [0.1, 0.15) is 0 Å². The summed E-state index contributed by atoms with van der Waals surface area (Å²) in [7, 11) is 0. The van der Waals surface area contributed by atoms with Crippen LogP contribution in [0, 0.1) is 0 Å². The molecule has 0 atom stereocenters. The fourth-order valence-electron chi connectivity index (χ4n) is 1.61. The van der Waals surface area contributed by atoms with Crippen LogP contribution in [0.2, 0.25) is 4.34 Å². The SMILES string of the molecule is O=C(C(=O)N1CCCC1)c1ccc(Cl)s1. The van der Waals surface area contributed by atoms with Crippen molar-refractivity contribution in [1.29, 1.82) is 0 Å². The Morgan fingerprint density at radius 3 is 2.47 bits per heavy atom. The molecule has 0 radical (unpaired) electrons. The molecule has 1 amide bonds. The van der Waals surface area contributed by atoms with Gasteiger partial charge in [0, 0.05) is 13.1 Å². The van der Waals surface area contributed by atoms with Gasteiger partial charge in [-0.3, -0.25) is 9.59 Å². The number of halogens is 1. The number of ketones is 1. The molecule has 3 nitrogen and oxygen atoms in total. The molecule has 1 aromatic rings. The summed E-state index contributed by atoms with van der Waals surface area (Å²) >= 11 is 6.86. The zero-order valence-corrected chi connectivity index (χ0v) is 9.61. The Morgan fingerprint density at radius 2 is 1.93 bits per heavy atom. The molecule has 0 unspecified atom stereocenters. The number of Topliss-reactive ketones (excluding diaryl/α,β-unsaturated/α-hetero) is 1. The minimum Gasteiger partial charge on any atom is -0.336 e. The molecule has 2 rings (SSSR count). The molecule has 2 heterocycles. The highest BCUT2D eigenvalue weighted by Gasteiger charge is 2.26. The maximum absolute atomic E-state index is 11.7. The molecule has 1 aliphatic heterocycles. The summed E-state index contributed by atoms with van der Waals surface area (Å²) in [5.41, 5.74) is 0. The van der Waals surface area contributed by atoms with Gasteiger partial charge in [-0.25, -0.2) is 0 Å². The van der Waals surface area contributed by atoms with E-state index >= 15 is 0 Å². The lowest BCUT2D eigenvalue weighted by Crippen LogP contribution is -2.33. The van der Waals surface area contributed by atoms with E-state index in [9.17, 15) is 9.59 Å². The summed E-state index contributed by atoms with van der Waals surface area (Å²) in [6.45, 7) is 1.40. The maximum atomic E-state index is 11.7. The summed E-state index contributed by atoms with van der Waals surface area (Å²) in [5, 5.41) is 0. The first-order valence-corrected chi connectivity index (χ1v) is 5.97. The molecule has 80 valence electrons. The molecule has 0 N–H and O–H groups in total. The average molecular weight is 244 g/mol. The van der Waals surface area contributed by atoms with Gasteiger partial charge in [-0.15, -0.1) is 11.3 Å². The molecule has 1 aliphatic rings. The Kier molecular flexibility index (Phi) is 3.07. The molecule has 0 aliphatic carbocycles. The van der Waals surface area contributed by atoms with Crippen molar-refractivity contribution in [2.24, 2.45) is 0 Å². The third kappa shape index (κ3) is 2.21. The van der Waals surface area contributed by atoms with E-state index in [1.54, 1.807) is 17.0 Å². The van der Waals surface area contributed by atoms with Gasteiger partial charge in [0.2, 0.25) is 0 Å². The predicted molar refractivity (Wildman–Crippen MR) is 59.5 cm³/mol. The first-order valence-electron chi connectivity index (χ1n) is 4.77. The van der Waals surface area contributed by atoms with Crippen LogP contribution in [0.25, 0.3) is 0 Å². The van der Waals surface area contributed by atoms with Crippen LogP contribution < -0.4 is 0 Å². The second-order valence-electron chi connectivity index (χ2n) is 3.43. The zero-order valence-electron chi connectivity index (χ0n) is 8.03. The Bertz CT molecular complexity index is 396. The highest BCUT2D eigenvalue weighted by atomic mass is 35.5. The molecule has 1 saturated heterocycles. The van der Waals surface area contributed by atoms with Crippen molar-refractivity contribution in [1.82, 2.24) is 4.90 Å². The number of carbonyl (C=O) groups is 2. The number of hydrogen-bond donors (Lipinski definition) is 0. The number of nitrogens with zero attached hydrogens (tertiary/aromatic N) is 1. The lowest BCUT2D eigenvalue weighted by atomic mass is 10.3. The van der Waals surface area contributed by atoms with Gasteiger partial charge in [-0.05, 0) is 25.0 Å². The summed E-state index contributed by atoms with van der Waals surface area (Å²) in [5.74, 6) is -0.834. The van der Waals surface area contributed by atoms with Gasteiger partial charge < -0.3 is 4.90 Å². The largest absolute Gasteiger partial charge is 0.336 e. The Morgan fingerprint density at radius 1 is 1.27 bits per heavy atom. The third-order valence-electron chi connectivity index (χ3n) is 2.38. The van der Waals surface area contributed by atoms with E-state index in [-0.39, 0.29) is 0 Å². The number of amides is 1. The summed E-state index contributed by atoms with van der Waals surface area (Å²) in [4.78, 5) is 25.4. The zero-order chi connectivity index (χ0) is 10.8. The summed E-state index contributed by atoms with van der Waals surface area (Å²) in [6, 6.07) is 3.24. The van der Waals surface area contributed by atoms with E-state index in [4.69, 9.17) is 11.6 Å². The van der Waals surface area contributed by atoms with E-state index in [2.05, 4.69) is 0 Å². The highest BCUT2D eigenvalue weighted by Crippen LogP contribution is 2.22. The van der Waals surface area contributed by atoms with Crippen molar-refractivity contribution < 1.29 is 9.59 Å². The van der Waals surface area contributed by atoms with Crippen molar-refractivity contribution >= 4 is 34.6 Å². The number of carbonyl (C=O) groups excluding carboxylic acids is 2. The molecule has 0 bridgehead atoms. The lowest BCUT2D eigenvalue weighted by Gasteiger charge is -2.12. The molecule has 0 spiro atoms. The van der Waals surface area contributed by atoms with Gasteiger partial charge in [0.15, 0.2) is 0 Å². The van der Waals surface area contributed by atoms with Crippen LogP contribution in [-0.2, 0) is 4.79 Å². The summed E-state index contributed by atoms with van der Waals surface area (Å²) in [6.07, 6.45) is 1.98. The summed E-state index contributed by atoms with van der Waals surface area (Å²) < 4.78 is 0.535. The first-order chi connectivity index (χ1) is 7.18. The Labute approximate surface area is 96.6 Å². The number of hydrogen-bond acceptors (Lipinski definition) is 3. The van der Waals surface area contributed by atoms with Crippen molar-refractivity contribution in [2.45, 2.75) is 12.8 Å². The highest BCUT2D eigenvalue weighted by molar-refractivity contribution is 7.18. The molecule has 0 saturated carbocycles. The molecule has 0 aromatic carbocycles. The third-order valence-corrected chi connectivity index (χ3v) is 3.61.